The Morgan fingerprint density at radius 2 is 1.89 bits per heavy atom. The first-order valence-electron chi connectivity index (χ1n) is 11.9. The third-order valence-electron chi connectivity index (χ3n) is 6.38. The normalized spacial score (nSPS) is 14.5. The first-order chi connectivity index (χ1) is 17.0. The summed E-state index contributed by atoms with van der Waals surface area (Å²) < 4.78 is 7.54. The van der Waals surface area contributed by atoms with Crippen LogP contribution in [-0.4, -0.2) is 56.3 Å². The van der Waals surface area contributed by atoms with E-state index < -0.39 is 0 Å². The summed E-state index contributed by atoms with van der Waals surface area (Å²) in [6.07, 6.45) is 3.50. The quantitative estimate of drug-likeness (QED) is 0.458. The van der Waals surface area contributed by atoms with Crippen LogP contribution in [0.1, 0.15) is 54.9 Å². The second-order valence-corrected chi connectivity index (χ2v) is 9.14. The molecule has 0 saturated carbocycles. The number of hydrogen-bond acceptors (Lipinski definition) is 6. The molecule has 0 atom stereocenters. The van der Waals surface area contributed by atoms with Gasteiger partial charge in [-0.15, -0.1) is 0 Å². The Balaban J connectivity index is 1.17. The summed E-state index contributed by atoms with van der Waals surface area (Å²) in [5.74, 6) is 0.923. The number of carbonyl (C=O) groups excluding carboxylic acids is 2. The fourth-order valence-corrected chi connectivity index (χ4v) is 4.30. The van der Waals surface area contributed by atoms with Crippen LogP contribution in [0.25, 0.3) is 22.3 Å². The molecule has 2 aromatic heterocycles. The van der Waals surface area contributed by atoms with E-state index in [1.54, 1.807) is 29.2 Å². The molecule has 1 N–H and O–H groups in total. The van der Waals surface area contributed by atoms with Gasteiger partial charge in [0.25, 0.3) is 5.91 Å². The van der Waals surface area contributed by atoms with Crippen molar-refractivity contribution in [3.8, 4) is 11.4 Å². The van der Waals surface area contributed by atoms with E-state index in [1.807, 2.05) is 35.1 Å². The van der Waals surface area contributed by atoms with Crippen molar-refractivity contribution in [1.29, 1.82) is 0 Å². The molecule has 9 heteroatoms. The average molecular weight is 473 g/mol. The molecule has 35 heavy (non-hydrogen) atoms. The van der Waals surface area contributed by atoms with E-state index in [4.69, 9.17) is 4.52 Å². The van der Waals surface area contributed by atoms with E-state index in [9.17, 15) is 9.59 Å². The largest absolute Gasteiger partial charge is 0.343 e. The summed E-state index contributed by atoms with van der Waals surface area (Å²) in [6.45, 7) is 5.35. The standard InChI is InChI=1S/C26H28N6O3/c1-17(2)32-16-21-14-20(8-9-22(21)29-32)24-28-26(35-30-24)19-10-12-31(13-11-19)23(33)15-27-25(34)18-6-4-3-5-7-18/h3-9,14,16-17,19H,10-13,15H2,1-2H3,(H,27,34). The predicted octanol–water partition coefficient (Wildman–Crippen LogP) is 3.80. The number of aromatic nitrogens is 4. The summed E-state index contributed by atoms with van der Waals surface area (Å²) in [4.78, 5) is 31.2. The van der Waals surface area contributed by atoms with E-state index >= 15 is 0 Å². The van der Waals surface area contributed by atoms with Crippen LogP contribution < -0.4 is 5.32 Å². The molecular formula is C26H28N6O3. The van der Waals surface area contributed by atoms with Crippen molar-refractivity contribution in [2.24, 2.45) is 0 Å². The SMILES string of the molecule is CC(C)n1cc2cc(-c3noc(C4CCN(C(=O)CNC(=O)c5ccccc5)CC4)n3)ccc2n1. The lowest BCUT2D eigenvalue weighted by atomic mass is 9.96. The molecule has 0 unspecified atom stereocenters. The van der Waals surface area contributed by atoms with Crippen molar-refractivity contribution in [2.45, 2.75) is 38.6 Å². The molecule has 1 fully saturated rings. The fraction of sp³-hybridized carbons (Fsp3) is 0.346. The number of benzene rings is 2. The number of nitrogens with one attached hydrogen (secondary N) is 1. The Bertz CT molecular complexity index is 1340. The van der Waals surface area contributed by atoms with Crippen molar-refractivity contribution in [3.63, 3.8) is 0 Å². The van der Waals surface area contributed by atoms with Crippen LogP contribution in [0.15, 0.2) is 59.3 Å². The summed E-state index contributed by atoms with van der Waals surface area (Å²) in [6, 6.07) is 15.1. The van der Waals surface area contributed by atoms with Crippen LogP contribution in [0.3, 0.4) is 0 Å². The summed E-state index contributed by atoms with van der Waals surface area (Å²) in [7, 11) is 0. The lowest BCUT2D eigenvalue weighted by Gasteiger charge is -2.30. The second-order valence-electron chi connectivity index (χ2n) is 9.14. The minimum atomic E-state index is -0.248. The Morgan fingerprint density at radius 3 is 2.63 bits per heavy atom. The highest BCUT2D eigenvalue weighted by molar-refractivity contribution is 5.96. The summed E-state index contributed by atoms with van der Waals surface area (Å²) >= 11 is 0. The maximum atomic E-state index is 12.6. The zero-order valence-electron chi connectivity index (χ0n) is 19.8. The molecule has 180 valence electrons. The van der Waals surface area contributed by atoms with Gasteiger partial charge in [-0.3, -0.25) is 14.3 Å². The van der Waals surface area contributed by atoms with Crippen molar-refractivity contribution in [1.82, 2.24) is 30.1 Å². The number of hydrogen-bond donors (Lipinski definition) is 1. The van der Waals surface area contributed by atoms with Crippen LogP contribution in [0.5, 0.6) is 0 Å². The van der Waals surface area contributed by atoms with Crippen LogP contribution in [0.4, 0.5) is 0 Å². The van der Waals surface area contributed by atoms with Gasteiger partial charge in [-0.25, -0.2) is 0 Å². The molecule has 3 heterocycles. The molecule has 1 saturated heterocycles. The molecule has 1 aliphatic rings. The number of amides is 2. The van der Waals surface area contributed by atoms with Gasteiger partial charge in [0.2, 0.25) is 17.6 Å². The molecule has 0 aliphatic carbocycles. The smallest absolute Gasteiger partial charge is 0.251 e. The van der Waals surface area contributed by atoms with Gasteiger partial charge in [0, 0.05) is 47.8 Å². The highest BCUT2D eigenvalue weighted by atomic mass is 16.5. The van der Waals surface area contributed by atoms with Gasteiger partial charge < -0.3 is 14.7 Å². The van der Waals surface area contributed by atoms with Gasteiger partial charge in [-0.1, -0.05) is 23.4 Å². The first-order valence-corrected chi connectivity index (χ1v) is 11.9. The third-order valence-corrected chi connectivity index (χ3v) is 6.38. The van der Waals surface area contributed by atoms with Crippen LogP contribution in [0.2, 0.25) is 0 Å². The molecule has 2 aromatic carbocycles. The highest BCUT2D eigenvalue weighted by Crippen LogP contribution is 2.29. The van der Waals surface area contributed by atoms with Gasteiger partial charge in [-0.2, -0.15) is 10.1 Å². The topological polar surface area (TPSA) is 106 Å². The Morgan fingerprint density at radius 1 is 1.11 bits per heavy atom. The van der Waals surface area contributed by atoms with Gasteiger partial charge >= 0.3 is 0 Å². The predicted molar refractivity (Wildman–Crippen MR) is 131 cm³/mol. The lowest BCUT2D eigenvalue weighted by Crippen LogP contribution is -2.43. The minimum absolute atomic E-state index is 0.0149. The number of nitrogens with zero attached hydrogens (tertiary/aromatic N) is 5. The minimum Gasteiger partial charge on any atom is -0.343 e. The van der Waals surface area contributed by atoms with Crippen molar-refractivity contribution < 1.29 is 14.1 Å². The van der Waals surface area contributed by atoms with Gasteiger partial charge in [0.05, 0.1) is 12.1 Å². The van der Waals surface area contributed by atoms with Gasteiger partial charge in [-0.05, 0) is 57.0 Å². The maximum Gasteiger partial charge on any atom is 0.251 e. The number of fused-ring (bicyclic) bond motifs is 1. The molecule has 9 nitrogen and oxygen atoms in total. The number of rotatable bonds is 6. The lowest BCUT2D eigenvalue weighted by molar-refractivity contribution is -0.131. The first kappa shape index (κ1) is 22.8. The fourth-order valence-electron chi connectivity index (χ4n) is 4.30. The summed E-state index contributed by atoms with van der Waals surface area (Å²) in [5, 5.41) is 12.5. The zero-order valence-corrected chi connectivity index (χ0v) is 19.8. The van der Waals surface area contributed by atoms with E-state index in [1.165, 1.54) is 0 Å². The maximum absolute atomic E-state index is 12.6. The van der Waals surface area contributed by atoms with E-state index in [2.05, 4.69) is 34.4 Å². The number of carbonyl (C=O) groups is 2. The van der Waals surface area contributed by atoms with E-state index in [0.29, 0.717) is 36.4 Å². The molecule has 1 aliphatic heterocycles. The van der Waals surface area contributed by atoms with Crippen LogP contribution in [-0.2, 0) is 4.79 Å². The Labute approximate surface area is 203 Å². The van der Waals surface area contributed by atoms with Crippen LogP contribution >= 0.6 is 0 Å². The molecule has 4 aromatic rings. The second kappa shape index (κ2) is 9.69. The van der Waals surface area contributed by atoms with Gasteiger partial charge in [0.15, 0.2) is 0 Å². The Hall–Kier alpha value is -4.01. The van der Waals surface area contributed by atoms with E-state index in [-0.39, 0.29) is 24.3 Å². The van der Waals surface area contributed by atoms with Gasteiger partial charge in [0.1, 0.15) is 0 Å². The highest BCUT2D eigenvalue weighted by Gasteiger charge is 2.28. The molecule has 0 bridgehead atoms. The Kier molecular flexibility index (Phi) is 6.31. The molecular weight excluding hydrogens is 444 g/mol. The monoisotopic (exact) mass is 472 g/mol. The number of likely N-dealkylation sites (tertiary alicyclic amines) is 1. The number of piperidine rings is 1. The van der Waals surface area contributed by atoms with E-state index in [0.717, 1.165) is 29.3 Å². The summed E-state index contributed by atoms with van der Waals surface area (Å²) in [5.41, 5.74) is 2.36. The molecule has 0 radical (unpaired) electrons. The average Bonchev–Trinajstić information content (AvgIpc) is 3.55. The van der Waals surface area contributed by atoms with Crippen LogP contribution in [0, 0.1) is 0 Å². The van der Waals surface area contributed by atoms with Crippen molar-refractivity contribution in [3.05, 3.63) is 66.2 Å². The zero-order chi connectivity index (χ0) is 24.4. The van der Waals surface area contributed by atoms with Crippen molar-refractivity contribution >= 4 is 22.7 Å². The van der Waals surface area contributed by atoms with Crippen molar-refractivity contribution in [2.75, 3.05) is 19.6 Å². The molecule has 0 spiro atoms. The molecule has 2 amide bonds. The molecule has 5 rings (SSSR count). The third kappa shape index (κ3) is 4.94.